The zero-order chi connectivity index (χ0) is 24.5. The maximum absolute atomic E-state index is 13.1. The molecule has 2 aliphatic heterocycles. The Morgan fingerprint density at radius 2 is 1.89 bits per heavy atom. The first-order chi connectivity index (χ1) is 17.6. The van der Waals surface area contributed by atoms with Gasteiger partial charge in [0.15, 0.2) is 0 Å². The zero-order valence-corrected chi connectivity index (χ0v) is 21.6. The number of likely N-dealkylation sites (tertiary alicyclic amines) is 1. The van der Waals surface area contributed by atoms with Gasteiger partial charge in [-0.3, -0.25) is 4.79 Å². The van der Waals surface area contributed by atoms with Crippen LogP contribution in [-0.4, -0.2) is 44.3 Å². The summed E-state index contributed by atoms with van der Waals surface area (Å²) in [7, 11) is 0. The fourth-order valence-electron chi connectivity index (χ4n) is 6.77. The minimum atomic E-state index is 0.0697. The third-order valence-electron chi connectivity index (χ3n) is 8.78. The van der Waals surface area contributed by atoms with Crippen molar-refractivity contribution in [2.75, 3.05) is 13.2 Å². The second-order valence-electron chi connectivity index (χ2n) is 11.5. The maximum Gasteiger partial charge on any atom is 0.223 e. The number of hydrogen-bond donors (Lipinski definition) is 0. The van der Waals surface area contributed by atoms with Crippen molar-refractivity contribution in [1.29, 1.82) is 0 Å². The van der Waals surface area contributed by atoms with E-state index in [2.05, 4.69) is 58.1 Å². The summed E-state index contributed by atoms with van der Waals surface area (Å²) in [6, 6.07) is 9.29. The maximum atomic E-state index is 13.1. The fraction of sp³-hybridized carbons (Fsp3) is 0.600. The summed E-state index contributed by atoms with van der Waals surface area (Å²) >= 11 is 0. The highest BCUT2D eigenvalue weighted by Crippen LogP contribution is 2.32. The predicted molar refractivity (Wildman–Crippen MR) is 142 cm³/mol. The van der Waals surface area contributed by atoms with E-state index in [9.17, 15) is 4.79 Å². The van der Waals surface area contributed by atoms with Crippen LogP contribution in [0.2, 0.25) is 0 Å². The van der Waals surface area contributed by atoms with Crippen LogP contribution in [0.25, 0.3) is 22.0 Å². The summed E-state index contributed by atoms with van der Waals surface area (Å²) in [6.45, 7) is 4.92. The van der Waals surface area contributed by atoms with Gasteiger partial charge in [0.1, 0.15) is 6.23 Å². The van der Waals surface area contributed by atoms with E-state index in [1.807, 2.05) is 10.9 Å². The number of amides is 1. The van der Waals surface area contributed by atoms with Crippen LogP contribution in [0, 0.1) is 11.8 Å². The molecule has 1 aromatic carbocycles. The second-order valence-corrected chi connectivity index (χ2v) is 11.5. The molecule has 4 heterocycles. The molecule has 2 saturated heterocycles. The Kier molecular flexibility index (Phi) is 6.87. The van der Waals surface area contributed by atoms with Crippen LogP contribution in [0.1, 0.15) is 77.4 Å². The third kappa shape index (κ3) is 4.97. The Labute approximate surface area is 214 Å². The van der Waals surface area contributed by atoms with E-state index < -0.39 is 0 Å². The standard InChI is InChI=1S/C30H40N4O2/c1-22-15-24(20-33(22)29(35)16-23-7-3-2-4-8-23)19-32-13-12-26-17-25(10-11-28(26)32)27-18-31-34(21-27)30-9-5-6-14-36-30/h10-13,17-18,21-24,30H,2-9,14-16,19-20H2,1H3. The minimum absolute atomic E-state index is 0.0697. The van der Waals surface area contributed by atoms with Crippen molar-refractivity contribution >= 4 is 16.8 Å². The number of hydrogen-bond acceptors (Lipinski definition) is 3. The van der Waals surface area contributed by atoms with Gasteiger partial charge in [0.05, 0.1) is 6.20 Å². The molecule has 36 heavy (non-hydrogen) atoms. The van der Waals surface area contributed by atoms with E-state index in [0.717, 1.165) is 50.9 Å². The Morgan fingerprint density at radius 1 is 1.03 bits per heavy atom. The molecule has 1 saturated carbocycles. The largest absolute Gasteiger partial charge is 0.357 e. The molecule has 6 nitrogen and oxygen atoms in total. The third-order valence-corrected chi connectivity index (χ3v) is 8.78. The molecule has 3 atom stereocenters. The van der Waals surface area contributed by atoms with Gasteiger partial charge in [-0.15, -0.1) is 0 Å². The number of rotatable bonds is 6. The molecule has 3 aromatic rings. The summed E-state index contributed by atoms with van der Waals surface area (Å²) in [6.07, 6.45) is 18.0. The average molecular weight is 489 g/mol. The average Bonchev–Trinajstić information content (AvgIpc) is 3.64. The lowest BCUT2D eigenvalue weighted by Crippen LogP contribution is -2.35. The molecule has 0 bridgehead atoms. The number of fused-ring (bicyclic) bond motifs is 1. The molecule has 1 amide bonds. The van der Waals surface area contributed by atoms with Crippen molar-refractivity contribution in [1.82, 2.24) is 19.2 Å². The van der Waals surface area contributed by atoms with Crippen LogP contribution >= 0.6 is 0 Å². The molecule has 0 N–H and O–H groups in total. The normalized spacial score (nSPS) is 25.6. The van der Waals surface area contributed by atoms with Crippen molar-refractivity contribution in [2.45, 2.75) is 89.9 Å². The van der Waals surface area contributed by atoms with Crippen molar-refractivity contribution in [3.63, 3.8) is 0 Å². The summed E-state index contributed by atoms with van der Waals surface area (Å²) in [5.74, 6) is 1.51. The van der Waals surface area contributed by atoms with Crippen molar-refractivity contribution < 1.29 is 9.53 Å². The van der Waals surface area contributed by atoms with E-state index in [-0.39, 0.29) is 6.23 Å². The Balaban J connectivity index is 1.11. The summed E-state index contributed by atoms with van der Waals surface area (Å²) in [5, 5.41) is 5.84. The van der Waals surface area contributed by atoms with Gasteiger partial charge in [0, 0.05) is 61.0 Å². The van der Waals surface area contributed by atoms with Crippen LogP contribution in [-0.2, 0) is 16.1 Å². The number of nitrogens with zero attached hydrogens (tertiary/aromatic N) is 4. The lowest BCUT2D eigenvalue weighted by Gasteiger charge is -2.26. The zero-order valence-electron chi connectivity index (χ0n) is 21.6. The number of carbonyl (C=O) groups is 1. The molecular weight excluding hydrogens is 448 g/mol. The molecule has 2 aromatic heterocycles. The highest BCUT2D eigenvalue weighted by atomic mass is 16.5. The van der Waals surface area contributed by atoms with Gasteiger partial charge in [-0.2, -0.15) is 5.10 Å². The number of ether oxygens (including phenoxy) is 1. The Bertz CT molecular complexity index is 1180. The molecule has 6 rings (SSSR count). The van der Waals surface area contributed by atoms with Crippen LogP contribution < -0.4 is 0 Å². The van der Waals surface area contributed by atoms with Crippen LogP contribution in [0.3, 0.4) is 0 Å². The van der Waals surface area contributed by atoms with Crippen molar-refractivity contribution in [3.05, 3.63) is 42.9 Å². The smallest absolute Gasteiger partial charge is 0.223 e. The second kappa shape index (κ2) is 10.4. The SMILES string of the molecule is CC1CC(Cn2ccc3cc(-c4cnn(C5CCCCO5)c4)ccc32)CN1C(=O)CC1CCCCC1. The lowest BCUT2D eigenvalue weighted by atomic mass is 9.86. The highest BCUT2D eigenvalue weighted by molar-refractivity contribution is 5.85. The van der Waals surface area contributed by atoms with Crippen LogP contribution in [0.5, 0.6) is 0 Å². The molecule has 0 radical (unpaired) electrons. The Morgan fingerprint density at radius 3 is 2.72 bits per heavy atom. The van der Waals surface area contributed by atoms with Gasteiger partial charge in [-0.05, 0) is 81.0 Å². The first kappa shape index (κ1) is 23.8. The monoisotopic (exact) mass is 488 g/mol. The first-order valence-electron chi connectivity index (χ1n) is 14.2. The number of aromatic nitrogens is 3. The van der Waals surface area contributed by atoms with Crippen LogP contribution in [0.4, 0.5) is 0 Å². The molecule has 192 valence electrons. The number of carbonyl (C=O) groups excluding carboxylic acids is 1. The van der Waals surface area contributed by atoms with Gasteiger partial charge in [-0.25, -0.2) is 4.68 Å². The minimum Gasteiger partial charge on any atom is -0.357 e. The molecule has 3 fully saturated rings. The lowest BCUT2D eigenvalue weighted by molar-refractivity contribution is -0.133. The summed E-state index contributed by atoms with van der Waals surface area (Å²) < 4.78 is 10.2. The molecule has 3 unspecified atom stereocenters. The Hall–Kier alpha value is -2.60. The molecule has 3 aliphatic rings. The predicted octanol–water partition coefficient (Wildman–Crippen LogP) is 6.41. The van der Waals surface area contributed by atoms with Gasteiger partial charge in [0.2, 0.25) is 5.91 Å². The van der Waals surface area contributed by atoms with Crippen molar-refractivity contribution in [3.8, 4) is 11.1 Å². The van der Waals surface area contributed by atoms with E-state index >= 15 is 0 Å². The molecule has 6 heteroatoms. The summed E-state index contributed by atoms with van der Waals surface area (Å²) in [5.41, 5.74) is 3.59. The van der Waals surface area contributed by atoms with E-state index in [4.69, 9.17) is 4.74 Å². The van der Waals surface area contributed by atoms with Crippen LogP contribution in [0.15, 0.2) is 42.9 Å². The van der Waals surface area contributed by atoms with Gasteiger partial charge in [-0.1, -0.05) is 25.3 Å². The molecular formula is C30H40N4O2. The fourth-order valence-corrected chi connectivity index (χ4v) is 6.77. The highest BCUT2D eigenvalue weighted by Gasteiger charge is 2.33. The molecule has 0 spiro atoms. The topological polar surface area (TPSA) is 52.3 Å². The molecule has 1 aliphatic carbocycles. The quantitative estimate of drug-likeness (QED) is 0.403. The van der Waals surface area contributed by atoms with Crippen molar-refractivity contribution in [2.24, 2.45) is 11.8 Å². The number of benzene rings is 1. The van der Waals surface area contributed by atoms with Gasteiger partial charge < -0.3 is 14.2 Å². The summed E-state index contributed by atoms with van der Waals surface area (Å²) in [4.78, 5) is 15.2. The van der Waals surface area contributed by atoms with E-state index in [1.54, 1.807) is 0 Å². The van der Waals surface area contributed by atoms with Gasteiger partial charge in [0.25, 0.3) is 0 Å². The van der Waals surface area contributed by atoms with Gasteiger partial charge >= 0.3 is 0 Å². The van der Waals surface area contributed by atoms with E-state index in [0.29, 0.717) is 23.8 Å². The van der Waals surface area contributed by atoms with E-state index in [1.165, 1.54) is 55.0 Å². The first-order valence-corrected chi connectivity index (χ1v) is 14.2.